The van der Waals surface area contributed by atoms with Crippen LogP contribution in [0.3, 0.4) is 0 Å². The highest BCUT2D eigenvalue weighted by Gasteiger charge is 2.25. The summed E-state index contributed by atoms with van der Waals surface area (Å²) >= 11 is 0. The van der Waals surface area contributed by atoms with Crippen LogP contribution in [0.2, 0.25) is 0 Å². The van der Waals surface area contributed by atoms with Gasteiger partial charge in [-0.1, -0.05) is 6.92 Å². The van der Waals surface area contributed by atoms with Crippen molar-refractivity contribution in [3.05, 3.63) is 29.8 Å². The highest BCUT2D eigenvalue weighted by Crippen LogP contribution is 2.13. The Bertz CT molecular complexity index is 478. The van der Waals surface area contributed by atoms with Crippen LogP contribution in [0.25, 0.3) is 0 Å². The third-order valence-corrected chi connectivity index (χ3v) is 3.08. The summed E-state index contributed by atoms with van der Waals surface area (Å²) in [7, 11) is 0. The van der Waals surface area contributed by atoms with Crippen molar-refractivity contribution in [2.75, 3.05) is 5.32 Å². The van der Waals surface area contributed by atoms with Gasteiger partial charge in [0, 0.05) is 17.3 Å². The fourth-order valence-electron chi connectivity index (χ4n) is 1.48. The average molecular weight is 277 g/mol. The molecule has 0 aliphatic rings. The molecule has 0 saturated heterocycles. The van der Waals surface area contributed by atoms with Crippen LogP contribution >= 0.6 is 0 Å². The monoisotopic (exact) mass is 277 g/mol. The number of rotatable bonds is 5. The average Bonchev–Trinajstić information content (AvgIpc) is 2.38. The summed E-state index contributed by atoms with van der Waals surface area (Å²) < 4.78 is 0. The van der Waals surface area contributed by atoms with E-state index in [1.165, 1.54) is 0 Å². The number of benzene rings is 1. The number of nitrogens with two attached hydrogens (primary N) is 1. The molecule has 0 bridgehead atoms. The Morgan fingerprint density at radius 1 is 1.25 bits per heavy atom. The molecule has 110 valence electrons. The summed E-state index contributed by atoms with van der Waals surface area (Å²) in [5.41, 5.74) is 6.15. The van der Waals surface area contributed by atoms with E-state index in [2.05, 4.69) is 10.6 Å². The molecule has 20 heavy (non-hydrogen) atoms. The van der Waals surface area contributed by atoms with Crippen molar-refractivity contribution in [1.82, 2.24) is 5.32 Å². The first kappa shape index (κ1) is 16.2. The zero-order valence-electron chi connectivity index (χ0n) is 12.5. The molecule has 1 rings (SSSR count). The van der Waals surface area contributed by atoms with Crippen molar-refractivity contribution in [3.8, 4) is 0 Å². The maximum atomic E-state index is 11.9. The van der Waals surface area contributed by atoms with Gasteiger partial charge in [0.05, 0.1) is 5.54 Å². The molecule has 0 spiro atoms. The van der Waals surface area contributed by atoms with Gasteiger partial charge in [-0.25, -0.2) is 0 Å². The van der Waals surface area contributed by atoms with Crippen molar-refractivity contribution in [3.63, 3.8) is 0 Å². The number of nitrogens with one attached hydrogen (secondary N) is 2. The molecule has 0 aliphatic heterocycles. The minimum absolute atomic E-state index is 0.0874. The van der Waals surface area contributed by atoms with Gasteiger partial charge in [-0.2, -0.15) is 0 Å². The van der Waals surface area contributed by atoms with Crippen LogP contribution in [-0.4, -0.2) is 23.4 Å². The Labute approximate surface area is 119 Å². The van der Waals surface area contributed by atoms with Gasteiger partial charge in [0.2, 0.25) is 5.91 Å². The van der Waals surface area contributed by atoms with Gasteiger partial charge in [-0.15, -0.1) is 0 Å². The molecule has 0 aliphatic carbocycles. The summed E-state index contributed by atoms with van der Waals surface area (Å²) in [6.45, 7) is 7.35. The summed E-state index contributed by atoms with van der Waals surface area (Å²) in [4.78, 5) is 23.7. The lowest BCUT2D eigenvalue weighted by molar-refractivity contribution is -0.120. The van der Waals surface area contributed by atoms with Gasteiger partial charge < -0.3 is 16.4 Å². The second kappa shape index (κ2) is 6.52. The van der Waals surface area contributed by atoms with Gasteiger partial charge in [0.1, 0.15) is 0 Å². The van der Waals surface area contributed by atoms with Crippen LogP contribution in [-0.2, 0) is 4.79 Å². The van der Waals surface area contributed by atoms with Crippen LogP contribution in [0, 0.1) is 0 Å². The van der Waals surface area contributed by atoms with Crippen LogP contribution in [0.15, 0.2) is 24.3 Å². The summed E-state index contributed by atoms with van der Waals surface area (Å²) in [6.07, 6.45) is 0.549. The number of anilines is 1. The maximum absolute atomic E-state index is 11.9. The number of hydrogen-bond donors (Lipinski definition) is 3. The molecular weight excluding hydrogens is 254 g/mol. The Hall–Kier alpha value is -1.88. The summed E-state index contributed by atoms with van der Waals surface area (Å²) in [5, 5.41) is 5.55. The molecular formula is C15H23N3O2. The zero-order valence-corrected chi connectivity index (χ0v) is 12.5. The Morgan fingerprint density at radius 2 is 1.80 bits per heavy atom. The summed E-state index contributed by atoms with van der Waals surface area (Å²) in [6, 6.07) is 6.82. The normalized spacial score (nSPS) is 13.7. The lowest BCUT2D eigenvalue weighted by Gasteiger charge is -2.21. The zero-order chi connectivity index (χ0) is 15.3. The van der Waals surface area contributed by atoms with Crippen molar-refractivity contribution < 1.29 is 9.59 Å². The second-order valence-corrected chi connectivity index (χ2v) is 5.43. The molecule has 2 amide bonds. The van der Waals surface area contributed by atoms with E-state index in [4.69, 9.17) is 5.73 Å². The lowest BCUT2D eigenvalue weighted by atomic mass is 9.99. The van der Waals surface area contributed by atoms with Gasteiger partial charge in [0.15, 0.2) is 0 Å². The Morgan fingerprint density at radius 3 is 2.25 bits per heavy atom. The minimum atomic E-state index is -0.895. The van der Waals surface area contributed by atoms with E-state index in [1.54, 1.807) is 31.2 Å². The molecule has 1 unspecified atom stereocenters. The molecule has 0 saturated carbocycles. The molecule has 5 heteroatoms. The van der Waals surface area contributed by atoms with Gasteiger partial charge in [-0.3, -0.25) is 9.59 Å². The third-order valence-electron chi connectivity index (χ3n) is 3.08. The van der Waals surface area contributed by atoms with Crippen molar-refractivity contribution >= 4 is 17.5 Å². The van der Waals surface area contributed by atoms with Crippen molar-refractivity contribution in [2.45, 2.75) is 45.7 Å². The van der Waals surface area contributed by atoms with Crippen molar-refractivity contribution in [1.29, 1.82) is 0 Å². The summed E-state index contributed by atoms with van der Waals surface area (Å²) in [5.74, 6) is -0.366. The van der Waals surface area contributed by atoms with E-state index < -0.39 is 5.54 Å². The molecule has 1 atom stereocenters. The predicted octanol–water partition coefficient (Wildman–Crippen LogP) is 1.89. The van der Waals surface area contributed by atoms with E-state index in [9.17, 15) is 9.59 Å². The molecule has 5 nitrogen and oxygen atoms in total. The largest absolute Gasteiger partial charge is 0.350 e. The molecule has 0 heterocycles. The molecule has 4 N–H and O–H groups in total. The van der Waals surface area contributed by atoms with Gasteiger partial charge in [0.25, 0.3) is 5.91 Å². The van der Waals surface area contributed by atoms with Crippen LogP contribution in [0.1, 0.15) is 44.5 Å². The molecule has 0 fully saturated rings. The van der Waals surface area contributed by atoms with E-state index in [0.29, 0.717) is 17.7 Å². The van der Waals surface area contributed by atoms with Crippen LogP contribution in [0.5, 0.6) is 0 Å². The van der Waals surface area contributed by atoms with Crippen LogP contribution < -0.4 is 16.4 Å². The number of carbonyl (C=O) groups is 2. The quantitative estimate of drug-likeness (QED) is 0.768. The van der Waals surface area contributed by atoms with E-state index in [0.717, 1.165) is 0 Å². The topological polar surface area (TPSA) is 84.2 Å². The fraction of sp³-hybridized carbons (Fsp3) is 0.467. The first-order chi connectivity index (χ1) is 9.26. The smallest absolute Gasteiger partial charge is 0.251 e. The highest BCUT2D eigenvalue weighted by molar-refractivity contribution is 5.98. The van der Waals surface area contributed by atoms with E-state index in [1.807, 2.05) is 20.8 Å². The van der Waals surface area contributed by atoms with Gasteiger partial charge >= 0.3 is 0 Å². The first-order valence-electron chi connectivity index (χ1n) is 6.77. The number of hydrogen-bond acceptors (Lipinski definition) is 3. The molecule has 0 aromatic heterocycles. The molecule has 1 aromatic carbocycles. The number of amides is 2. The highest BCUT2D eigenvalue weighted by atomic mass is 16.2. The van der Waals surface area contributed by atoms with Crippen molar-refractivity contribution in [2.24, 2.45) is 5.73 Å². The van der Waals surface area contributed by atoms with E-state index in [-0.39, 0.29) is 17.9 Å². The first-order valence-corrected chi connectivity index (χ1v) is 6.77. The number of carbonyl (C=O) groups excluding carboxylic acids is 2. The predicted molar refractivity (Wildman–Crippen MR) is 80.6 cm³/mol. The third kappa shape index (κ3) is 4.35. The van der Waals surface area contributed by atoms with Gasteiger partial charge in [-0.05, 0) is 51.5 Å². The molecule has 1 aromatic rings. The SMILES string of the molecule is CCC(C)(N)C(=O)Nc1ccc(C(=O)NC(C)C)cc1. The van der Waals surface area contributed by atoms with Crippen LogP contribution in [0.4, 0.5) is 5.69 Å². The fourth-order valence-corrected chi connectivity index (χ4v) is 1.48. The second-order valence-electron chi connectivity index (χ2n) is 5.43. The molecule has 0 radical (unpaired) electrons. The van der Waals surface area contributed by atoms with E-state index >= 15 is 0 Å². The minimum Gasteiger partial charge on any atom is -0.350 e. The lowest BCUT2D eigenvalue weighted by Crippen LogP contribution is -2.47. The Balaban J connectivity index is 2.73. The standard InChI is InChI=1S/C15H23N3O2/c1-5-15(4,16)14(20)18-12-8-6-11(7-9-12)13(19)17-10(2)3/h6-10H,5,16H2,1-4H3,(H,17,19)(H,18,20). The maximum Gasteiger partial charge on any atom is 0.251 e. The Kier molecular flexibility index (Phi) is 5.27.